The Balaban J connectivity index is 1.20. The summed E-state index contributed by atoms with van der Waals surface area (Å²) in [6.45, 7) is 1.00. The first kappa shape index (κ1) is 19.2. The fourth-order valence-corrected chi connectivity index (χ4v) is 3.81. The van der Waals surface area contributed by atoms with Gasteiger partial charge in [0.15, 0.2) is 11.5 Å². The summed E-state index contributed by atoms with van der Waals surface area (Å²) in [6, 6.07) is 12.5. The van der Waals surface area contributed by atoms with E-state index in [9.17, 15) is 9.59 Å². The van der Waals surface area contributed by atoms with Gasteiger partial charge in [-0.25, -0.2) is 4.98 Å². The average molecular weight is 418 g/mol. The Hall–Kier alpha value is -3.81. The van der Waals surface area contributed by atoms with E-state index in [0.717, 1.165) is 30.0 Å². The standard InChI is InChI=1S/C23H22N4O4/c28-22(12-24-23(29)16-7-8-19-20(11-16)31-14-30-19)25-17-5-3-4-15(10-17)18-13-27-9-2-1-6-21(27)26-18/h3-5,7-8,10-11,13H,1-2,6,9,12,14H2,(H,24,29)(H,25,28). The largest absolute Gasteiger partial charge is 0.454 e. The Morgan fingerprint density at radius 2 is 1.97 bits per heavy atom. The molecule has 0 bridgehead atoms. The van der Waals surface area contributed by atoms with Gasteiger partial charge in [0.05, 0.1) is 12.2 Å². The molecule has 1 aromatic heterocycles. The molecule has 0 saturated heterocycles. The van der Waals surface area contributed by atoms with E-state index in [-0.39, 0.29) is 25.2 Å². The molecule has 0 fully saturated rings. The van der Waals surface area contributed by atoms with Crippen LogP contribution in [0.5, 0.6) is 11.5 Å². The normalized spacial score (nSPS) is 14.1. The fraction of sp³-hybridized carbons (Fsp3) is 0.261. The third kappa shape index (κ3) is 4.09. The van der Waals surface area contributed by atoms with Gasteiger partial charge in [0, 0.05) is 36.0 Å². The first-order valence-electron chi connectivity index (χ1n) is 10.3. The number of imidazole rings is 1. The summed E-state index contributed by atoms with van der Waals surface area (Å²) in [5.41, 5.74) is 2.92. The fourth-order valence-electron chi connectivity index (χ4n) is 3.81. The number of aryl methyl sites for hydroxylation is 2. The lowest BCUT2D eigenvalue weighted by atomic mass is 10.1. The van der Waals surface area contributed by atoms with Crippen LogP contribution in [0.2, 0.25) is 0 Å². The van der Waals surface area contributed by atoms with E-state index in [1.807, 2.05) is 24.3 Å². The van der Waals surface area contributed by atoms with Gasteiger partial charge >= 0.3 is 0 Å². The van der Waals surface area contributed by atoms with Gasteiger partial charge in [0.1, 0.15) is 5.82 Å². The number of fused-ring (bicyclic) bond motifs is 2. The number of amides is 2. The molecule has 2 aromatic carbocycles. The second kappa shape index (κ2) is 8.14. The third-order valence-corrected chi connectivity index (χ3v) is 5.39. The summed E-state index contributed by atoms with van der Waals surface area (Å²) in [7, 11) is 0. The van der Waals surface area contributed by atoms with Gasteiger partial charge in [-0.3, -0.25) is 9.59 Å². The summed E-state index contributed by atoms with van der Waals surface area (Å²) < 4.78 is 12.7. The highest BCUT2D eigenvalue weighted by Crippen LogP contribution is 2.32. The van der Waals surface area contributed by atoms with Crippen molar-refractivity contribution in [2.24, 2.45) is 0 Å². The van der Waals surface area contributed by atoms with Crippen molar-refractivity contribution in [2.45, 2.75) is 25.8 Å². The van der Waals surface area contributed by atoms with Gasteiger partial charge < -0.3 is 24.7 Å². The molecule has 31 heavy (non-hydrogen) atoms. The van der Waals surface area contributed by atoms with Gasteiger partial charge in [-0.05, 0) is 43.2 Å². The van der Waals surface area contributed by atoms with Crippen LogP contribution in [0.3, 0.4) is 0 Å². The van der Waals surface area contributed by atoms with Crippen LogP contribution < -0.4 is 20.1 Å². The number of carbonyl (C=O) groups excluding carboxylic acids is 2. The van der Waals surface area contributed by atoms with Crippen LogP contribution in [0.25, 0.3) is 11.3 Å². The number of nitrogens with one attached hydrogen (secondary N) is 2. The number of nitrogens with zero attached hydrogens (tertiary/aromatic N) is 2. The number of hydrogen-bond acceptors (Lipinski definition) is 5. The van der Waals surface area contributed by atoms with Gasteiger partial charge in [-0.1, -0.05) is 12.1 Å². The van der Waals surface area contributed by atoms with Crippen molar-refractivity contribution in [3.05, 3.63) is 60.0 Å². The molecule has 3 heterocycles. The van der Waals surface area contributed by atoms with Crippen LogP contribution in [0, 0.1) is 0 Å². The van der Waals surface area contributed by atoms with Crippen molar-refractivity contribution in [1.29, 1.82) is 0 Å². The molecular weight excluding hydrogens is 396 g/mol. The van der Waals surface area contributed by atoms with Crippen molar-refractivity contribution in [3.8, 4) is 22.8 Å². The summed E-state index contributed by atoms with van der Waals surface area (Å²) >= 11 is 0. The summed E-state index contributed by atoms with van der Waals surface area (Å²) in [4.78, 5) is 29.4. The topological polar surface area (TPSA) is 94.5 Å². The highest BCUT2D eigenvalue weighted by Gasteiger charge is 2.17. The molecule has 0 atom stereocenters. The summed E-state index contributed by atoms with van der Waals surface area (Å²) in [5.74, 6) is 1.57. The molecule has 2 amide bonds. The SMILES string of the molecule is O=C(CNC(=O)c1ccc2c(c1)OCO2)Nc1cccc(-c2cn3c(n2)CCCC3)c1. The van der Waals surface area contributed by atoms with E-state index in [1.165, 1.54) is 12.8 Å². The van der Waals surface area contributed by atoms with Gasteiger partial charge in [0.2, 0.25) is 12.7 Å². The Labute approximate surface area is 179 Å². The highest BCUT2D eigenvalue weighted by atomic mass is 16.7. The van der Waals surface area contributed by atoms with Gasteiger partial charge in [-0.2, -0.15) is 0 Å². The van der Waals surface area contributed by atoms with Crippen molar-refractivity contribution >= 4 is 17.5 Å². The molecule has 8 heteroatoms. The molecule has 0 aliphatic carbocycles. The molecule has 3 aromatic rings. The Morgan fingerprint density at radius 1 is 1.06 bits per heavy atom. The van der Waals surface area contributed by atoms with Gasteiger partial charge in [0.25, 0.3) is 5.91 Å². The second-order valence-corrected chi connectivity index (χ2v) is 7.57. The molecular formula is C23H22N4O4. The van der Waals surface area contributed by atoms with Crippen LogP contribution >= 0.6 is 0 Å². The molecule has 158 valence electrons. The lowest BCUT2D eigenvalue weighted by molar-refractivity contribution is -0.115. The zero-order valence-electron chi connectivity index (χ0n) is 16.9. The minimum atomic E-state index is -0.356. The maximum atomic E-state index is 12.4. The van der Waals surface area contributed by atoms with Crippen LogP contribution in [-0.2, 0) is 17.8 Å². The van der Waals surface area contributed by atoms with Crippen molar-refractivity contribution in [3.63, 3.8) is 0 Å². The number of hydrogen-bond donors (Lipinski definition) is 2. The Kier molecular flexibility index (Phi) is 5.03. The molecule has 0 unspecified atom stereocenters. The van der Waals surface area contributed by atoms with Crippen LogP contribution in [0.1, 0.15) is 29.0 Å². The van der Waals surface area contributed by atoms with Crippen LogP contribution in [-0.4, -0.2) is 34.7 Å². The third-order valence-electron chi connectivity index (χ3n) is 5.39. The van der Waals surface area contributed by atoms with E-state index in [0.29, 0.717) is 22.7 Å². The Bertz CT molecular complexity index is 1130. The number of ether oxygens (including phenoxy) is 2. The first-order valence-corrected chi connectivity index (χ1v) is 10.3. The first-order chi connectivity index (χ1) is 15.2. The molecule has 0 spiro atoms. The molecule has 5 rings (SSSR count). The minimum Gasteiger partial charge on any atom is -0.454 e. The molecule has 8 nitrogen and oxygen atoms in total. The lowest BCUT2D eigenvalue weighted by Gasteiger charge is -2.11. The number of aromatic nitrogens is 2. The summed E-state index contributed by atoms with van der Waals surface area (Å²) in [6.07, 6.45) is 5.42. The lowest BCUT2D eigenvalue weighted by Crippen LogP contribution is -2.32. The maximum absolute atomic E-state index is 12.4. The molecule has 2 aliphatic heterocycles. The van der Waals surface area contributed by atoms with E-state index in [2.05, 4.69) is 21.4 Å². The number of carbonyl (C=O) groups is 2. The average Bonchev–Trinajstić information content (AvgIpc) is 3.44. The van der Waals surface area contributed by atoms with E-state index >= 15 is 0 Å². The van der Waals surface area contributed by atoms with E-state index in [1.54, 1.807) is 18.2 Å². The molecule has 0 radical (unpaired) electrons. The zero-order chi connectivity index (χ0) is 21.2. The van der Waals surface area contributed by atoms with Gasteiger partial charge in [-0.15, -0.1) is 0 Å². The zero-order valence-corrected chi connectivity index (χ0v) is 16.9. The minimum absolute atomic E-state index is 0.142. The Morgan fingerprint density at radius 3 is 2.87 bits per heavy atom. The molecule has 2 N–H and O–H groups in total. The van der Waals surface area contributed by atoms with Crippen molar-refractivity contribution in [2.75, 3.05) is 18.7 Å². The highest BCUT2D eigenvalue weighted by molar-refractivity contribution is 5.99. The summed E-state index contributed by atoms with van der Waals surface area (Å²) in [5, 5.41) is 5.46. The number of rotatable bonds is 5. The molecule has 2 aliphatic rings. The number of anilines is 1. The predicted molar refractivity (Wildman–Crippen MR) is 114 cm³/mol. The quantitative estimate of drug-likeness (QED) is 0.664. The smallest absolute Gasteiger partial charge is 0.251 e. The predicted octanol–water partition coefficient (Wildman–Crippen LogP) is 2.98. The number of benzene rings is 2. The van der Waals surface area contributed by atoms with E-state index in [4.69, 9.17) is 14.5 Å². The molecule has 0 saturated carbocycles. The van der Waals surface area contributed by atoms with Crippen molar-refractivity contribution in [1.82, 2.24) is 14.9 Å². The second-order valence-electron chi connectivity index (χ2n) is 7.57. The van der Waals surface area contributed by atoms with Crippen LogP contribution in [0.4, 0.5) is 5.69 Å². The van der Waals surface area contributed by atoms with Crippen molar-refractivity contribution < 1.29 is 19.1 Å². The van der Waals surface area contributed by atoms with E-state index < -0.39 is 0 Å². The maximum Gasteiger partial charge on any atom is 0.251 e. The van der Waals surface area contributed by atoms with Crippen LogP contribution in [0.15, 0.2) is 48.7 Å². The monoisotopic (exact) mass is 418 g/mol.